The first-order chi connectivity index (χ1) is 26.5. The molecule has 0 radical (unpaired) electrons. The molecule has 0 aromatic rings. The van der Waals surface area contributed by atoms with E-state index in [1.165, 1.54) is 32.1 Å². The van der Waals surface area contributed by atoms with Crippen molar-refractivity contribution in [1.29, 1.82) is 0 Å². The highest BCUT2D eigenvalue weighted by Gasteiger charge is 2.41. The number of esters is 1. The van der Waals surface area contributed by atoms with Crippen LogP contribution >= 0.6 is 0 Å². The third-order valence-corrected chi connectivity index (χ3v) is 11.8. The predicted molar refractivity (Wildman–Crippen MR) is 221 cm³/mol. The van der Waals surface area contributed by atoms with Crippen LogP contribution in [-0.4, -0.2) is 39.3 Å². The average Bonchev–Trinajstić information content (AvgIpc) is 3.90. The number of aliphatic hydroxyl groups is 1. The van der Waals surface area contributed by atoms with Crippen LogP contribution in [0, 0.1) is 11.8 Å². The largest absolute Gasteiger partial charge is 0.511 e. The fourth-order valence-corrected chi connectivity index (χ4v) is 8.46. The van der Waals surface area contributed by atoms with E-state index in [0.717, 1.165) is 106 Å². The molecule has 5 heterocycles. The molecule has 3 N–H and O–H groups in total. The van der Waals surface area contributed by atoms with E-state index in [-0.39, 0.29) is 30.0 Å². The molecule has 0 amide bonds. The van der Waals surface area contributed by atoms with E-state index < -0.39 is 5.97 Å². The van der Waals surface area contributed by atoms with Gasteiger partial charge in [-0.25, -0.2) is 15.0 Å². The number of nitrogens with one attached hydrogen (secondary N) is 1. The number of hydrogen-bond acceptors (Lipinski definition) is 8. The topological polar surface area (TPSA) is 133 Å². The quantitative estimate of drug-likeness (QED) is 0.0771. The first-order valence-corrected chi connectivity index (χ1v) is 20.6. The summed E-state index contributed by atoms with van der Waals surface area (Å²) in [4.78, 5) is 40.4. The van der Waals surface area contributed by atoms with Gasteiger partial charge in [0.15, 0.2) is 5.76 Å². The molecule has 0 aromatic carbocycles. The van der Waals surface area contributed by atoms with Crippen LogP contribution in [0.25, 0.3) is 0 Å². The normalized spacial score (nSPS) is 21.8. The number of hydrogen-bond donors (Lipinski definition) is 3. The summed E-state index contributed by atoms with van der Waals surface area (Å²) in [6, 6.07) is 0. The van der Waals surface area contributed by atoms with Crippen LogP contribution in [0.4, 0.5) is 0 Å². The van der Waals surface area contributed by atoms with Gasteiger partial charge in [0.1, 0.15) is 11.5 Å². The van der Waals surface area contributed by atoms with Gasteiger partial charge in [-0.3, -0.25) is 9.59 Å². The summed E-state index contributed by atoms with van der Waals surface area (Å²) >= 11 is 0. The summed E-state index contributed by atoms with van der Waals surface area (Å²) in [6.45, 7) is 12.4. The maximum Gasteiger partial charge on any atom is 0.311 e. The number of unbranched alkanes of at least 4 members (excludes halogenated alkanes) is 8. The van der Waals surface area contributed by atoms with Gasteiger partial charge < -0.3 is 20.3 Å². The van der Waals surface area contributed by atoms with E-state index >= 15 is 0 Å². The first kappa shape index (κ1) is 39.9. The minimum Gasteiger partial charge on any atom is -0.511 e. The maximum absolute atomic E-state index is 13.4. The number of aliphatic carboxylic acids is 1. The Morgan fingerprint density at radius 3 is 2.27 bits per heavy atom. The lowest BCUT2D eigenvalue weighted by Gasteiger charge is -2.17. The van der Waals surface area contributed by atoms with Gasteiger partial charge in [-0.1, -0.05) is 65.0 Å². The maximum atomic E-state index is 13.4. The second kappa shape index (κ2) is 17.8. The van der Waals surface area contributed by atoms with Gasteiger partial charge in [-0.15, -0.1) is 0 Å². The second-order valence-corrected chi connectivity index (χ2v) is 15.6. The van der Waals surface area contributed by atoms with E-state index in [1.807, 2.05) is 32.1 Å². The van der Waals surface area contributed by atoms with Crippen molar-refractivity contribution in [3.63, 3.8) is 0 Å². The molecule has 6 aliphatic rings. The zero-order valence-electron chi connectivity index (χ0n) is 33.6. The van der Waals surface area contributed by atoms with Gasteiger partial charge in [-0.05, 0) is 101 Å². The van der Waals surface area contributed by atoms with Gasteiger partial charge in [0.05, 0.1) is 28.5 Å². The number of ether oxygens (including phenoxy) is 1. The van der Waals surface area contributed by atoms with E-state index in [2.05, 4.69) is 45.2 Å². The molecule has 0 spiro atoms. The summed E-state index contributed by atoms with van der Waals surface area (Å²) in [5.74, 6) is -0.588. The number of carboxylic acid groups (broad SMARTS) is 1. The molecule has 6 rings (SSSR count). The summed E-state index contributed by atoms with van der Waals surface area (Å²) in [5.41, 5.74) is 11.5. The zero-order chi connectivity index (χ0) is 39.2. The van der Waals surface area contributed by atoms with Crippen LogP contribution in [0.5, 0.6) is 0 Å². The number of aliphatic hydroxyl groups excluding tert-OH is 1. The van der Waals surface area contributed by atoms with Crippen LogP contribution in [0.1, 0.15) is 138 Å². The molecular formula is C46H58N4O5. The van der Waals surface area contributed by atoms with Crippen LogP contribution in [-0.2, 0) is 14.3 Å². The van der Waals surface area contributed by atoms with E-state index in [0.29, 0.717) is 36.4 Å². The molecule has 9 heteroatoms. The highest BCUT2D eigenvalue weighted by Crippen LogP contribution is 2.46. The van der Waals surface area contributed by atoms with Crippen LogP contribution in [0.3, 0.4) is 0 Å². The minimum absolute atomic E-state index is 0.0170. The highest BCUT2D eigenvalue weighted by molar-refractivity contribution is 6.21. The molecule has 5 aliphatic heterocycles. The Morgan fingerprint density at radius 1 is 0.855 bits per heavy atom. The predicted octanol–water partition coefficient (Wildman–Crippen LogP) is 10.9. The molecule has 9 nitrogen and oxygen atoms in total. The number of aliphatic imine (C=N–C) groups is 3. The van der Waals surface area contributed by atoms with Crippen LogP contribution < -0.4 is 5.32 Å². The number of fused-ring (bicyclic) bond motifs is 5. The number of carbonyl (C=O) groups excluding carboxylic acids is 1. The van der Waals surface area contributed by atoms with Crippen molar-refractivity contribution in [3.05, 3.63) is 104 Å². The van der Waals surface area contributed by atoms with Crippen LogP contribution in [0.15, 0.2) is 119 Å². The number of carboxylic acids is 1. The molecule has 0 saturated carbocycles. The van der Waals surface area contributed by atoms with Crippen molar-refractivity contribution >= 4 is 29.1 Å². The molecule has 8 bridgehead atoms. The SMILES string of the molecule is CCCCC/C=C/CCCCCCCC(=O)OC1=C(C)C2=NC1=CC1=NC(=CC3=C(C)C4=C(O)CC(=C5NC(=C2)[C@@H](C)[C@@H]5CCC(=O)O)C4=N3)C(CC)=C1C. The van der Waals surface area contributed by atoms with E-state index in [9.17, 15) is 19.8 Å². The van der Waals surface area contributed by atoms with Gasteiger partial charge in [0.2, 0.25) is 0 Å². The summed E-state index contributed by atoms with van der Waals surface area (Å²) in [6.07, 6.45) is 23.8. The van der Waals surface area contributed by atoms with Crippen molar-refractivity contribution in [1.82, 2.24) is 5.32 Å². The highest BCUT2D eigenvalue weighted by atomic mass is 16.5. The lowest BCUT2D eigenvalue weighted by Crippen LogP contribution is -2.15. The average molecular weight is 747 g/mol. The fraction of sp³-hybridized carbons (Fsp3) is 0.500. The Hall–Kier alpha value is -4.79. The lowest BCUT2D eigenvalue weighted by atomic mass is 9.86. The number of allylic oxidation sites excluding steroid dienone is 13. The fourth-order valence-electron chi connectivity index (χ4n) is 8.46. The Labute approximate surface area is 326 Å². The van der Waals surface area contributed by atoms with Gasteiger partial charge in [0.25, 0.3) is 0 Å². The molecule has 1 fully saturated rings. The number of nitrogens with zero attached hydrogens (tertiary/aromatic N) is 3. The Bertz CT molecular complexity index is 2000. The molecule has 0 aromatic heterocycles. The summed E-state index contributed by atoms with van der Waals surface area (Å²) in [5, 5.41) is 24.6. The zero-order valence-corrected chi connectivity index (χ0v) is 33.6. The molecule has 2 atom stereocenters. The van der Waals surface area contributed by atoms with Gasteiger partial charge in [0, 0.05) is 59.2 Å². The van der Waals surface area contributed by atoms with Crippen molar-refractivity contribution in [3.8, 4) is 0 Å². The molecule has 1 saturated heterocycles. The van der Waals surface area contributed by atoms with E-state index in [1.54, 1.807) is 0 Å². The Balaban J connectivity index is 1.27. The Morgan fingerprint density at radius 2 is 1.55 bits per heavy atom. The molecular weight excluding hydrogens is 689 g/mol. The lowest BCUT2D eigenvalue weighted by molar-refractivity contribution is -0.139. The van der Waals surface area contributed by atoms with Crippen molar-refractivity contribution in [2.45, 2.75) is 138 Å². The number of rotatable bonds is 17. The van der Waals surface area contributed by atoms with Crippen molar-refractivity contribution in [2.75, 3.05) is 0 Å². The third-order valence-electron chi connectivity index (χ3n) is 11.8. The van der Waals surface area contributed by atoms with Crippen molar-refractivity contribution < 1.29 is 24.5 Å². The van der Waals surface area contributed by atoms with E-state index in [4.69, 9.17) is 19.7 Å². The molecule has 292 valence electrons. The second-order valence-electron chi connectivity index (χ2n) is 15.6. The third kappa shape index (κ3) is 8.71. The van der Waals surface area contributed by atoms with Crippen LogP contribution in [0.2, 0.25) is 0 Å². The summed E-state index contributed by atoms with van der Waals surface area (Å²) < 4.78 is 6.15. The Kier molecular flexibility index (Phi) is 12.9. The summed E-state index contributed by atoms with van der Waals surface area (Å²) in [7, 11) is 0. The minimum atomic E-state index is -0.849. The standard InChI is InChI=1S/C46H58N4O5/c1-7-9-10-11-12-13-14-15-16-17-18-19-20-42(54)55-46-30(6)37-24-35-28(4)32(21-22-41(52)53)44(49-35)33-23-40(51)43-29(5)36(50-45(33)43)25-38-31(8-2)27(3)34(47-38)26-39(46)48-37/h12-13,24-26,28,32,49,51H,7-11,14-23H2,1-6H3,(H,52,53)/b13-12+,35-24?,38-25?,39-26?,44-33?/t28-,32-/m0/s1. The molecule has 55 heavy (non-hydrogen) atoms. The molecule has 0 unspecified atom stereocenters. The smallest absolute Gasteiger partial charge is 0.311 e. The van der Waals surface area contributed by atoms with Crippen molar-refractivity contribution in [2.24, 2.45) is 26.8 Å². The van der Waals surface area contributed by atoms with Gasteiger partial charge >= 0.3 is 11.9 Å². The monoisotopic (exact) mass is 746 g/mol. The first-order valence-electron chi connectivity index (χ1n) is 20.6. The molecule has 1 aliphatic carbocycles. The van der Waals surface area contributed by atoms with Gasteiger partial charge in [-0.2, -0.15) is 0 Å². The number of carbonyl (C=O) groups is 2.